The molecular weight excluding hydrogens is 202 g/mol. The highest BCUT2D eigenvalue weighted by Crippen LogP contribution is 2.22. The van der Waals surface area contributed by atoms with Gasteiger partial charge in [0.2, 0.25) is 0 Å². The second-order valence-corrected chi connectivity index (χ2v) is 4.43. The Kier molecular flexibility index (Phi) is 7.40. The minimum Gasteiger partial charge on any atom is -0.409 e. The first-order valence-corrected chi connectivity index (χ1v) is 5.63. The molecule has 0 bridgehead atoms. The van der Waals surface area contributed by atoms with Gasteiger partial charge >= 0.3 is 0 Å². The number of unbranched alkanes of at least 4 members (excludes halogenated alkanes) is 1. The lowest BCUT2D eigenvalue weighted by atomic mass is 9.86. The first kappa shape index (κ1) is 14.8. The standard InChI is InChI=1S/C12H23N3O/c1-4-5-9-14-10-7-6-8-12(2,3)11(13)15-16/h14,16H,6-10H2,1-3H3,(H2,13,15). The molecule has 0 fully saturated rings. The van der Waals surface area contributed by atoms with Crippen molar-refractivity contribution in [2.45, 2.75) is 40.0 Å². The van der Waals surface area contributed by atoms with E-state index in [4.69, 9.17) is 10.9 Å². The molecule has 0 aromatic rings. The monoisotopic (exact) mass is 225 g/mol. The lowest BCUT2D eigenvalue weighted by Crippen LogP contribution is -2.32. The molecule has 92 valence electrons. The first-order valence-electron chi connectivity index (χ1n) is 5.63. The zero-order valence-corrected chi connectivity index (χ0v) is 10.5. The second kappa shape index (κ2) is 8.00. The molecule has 0 atom stereocenters. The fourth-order valence-corrected chi connectivity index (χ4v) is 1.32. The summed E-state index contributed by atoms with van der Waals surface area (Å²) in [6.45, 7) is 7.51. The van der Waals surface area contributed by atoms with Crippen LogP contribution in [0.25, 0.3) is 0 Å². The number of hydrogen-bond donors (Lipinski definition) is 3. The van der Waals surface area contributed by atoms with E-state index in [1.54, 1.807) is 0 Å². The molecule has 0 rings (SSSR count). The average molecular weight is 225 g/mol. The molecule has 0 unspecified atom stereocenters. The van der Waals surface area contributed by atoms with Crippen molar-refractivity contribution in [1.82, 2.24) is 5.32 Å². The van der Waals surface area contributed by atoms with Gasteiger partial charge in [-0.15, -0.1) is 5.92 Å². The normalized spacial score (nSPS) is 12.1. The van der Waals surface area contributed by atoms with E-state index in [0.29, 0.717) is 5.84 Å². The quantitative estimate of drug-likeness (QED) is 0.154. The molecule has 0 aliphatic heterocycles. The molecule has 0 spiro atoms. The highest BCUT2D eigenvalue weighted by Gasteiger charge is 2.22. The van der Waals surface area contributed by atoms with Crippen molar-refractivity contribution in [3.05, 3.63) is 0 Å². The van der Waals surface area contributed by atoms with Crippen LogP contribution in [0.3, 0.4) is 0 Å². The predicted molar refractivity (Wildman–Crippen MR) is 67.4 cm³/mol. The number of amidine groups is 1. The molecule has 0 heterocycles. The van der Waals surface area contributed by atoms with Gasteiger partial charge in [0.1, 0.15) is 5.84 Å². The Hall–Kier alpha value is -1.21. The summed E-state index contributed by atoms with van der Waals surface area (Å²) < 4.78 is 0. The van der Waals surface area contributed by atoms with Crippen LogP contribution in [0, 0.1) is 17.3 Å². The third kappa shape index (κ3) is 6.31. The third-order valence-corrected chi connectivity index (χ3v) is 2.60. The van der Waals surface area contributed by atoms with E-state index >= 15 is 0 Å². The highest BCUT2D eigenvalue weighted by atomic mass is 16.4. The van der Waals surface area contributed by atoms with Crippen molar-refractivity contribution in [3.63, 3.8) is 0 Å². The van der Waals surface area contributed by atoms with Crippen molar-refractivity contribution < 1.29 is 5.21 Å². The maximum Gasteiger partial charge on any atom is 0.144 e. The largest absolute Gasteiger partial charge is 0.409 e. The van der Waals surface area contributed by atoms with Crippen LogP contribution in [0.15, 0.2) is 5.16 Å². The summed E-state index contributed by atoms with van der Waals surface area (Å²) in [4.78, 5) is 0. The van der Waals surface area contributed by atoms with Crippen molar-refractivity contribution in [3.8, 4) is 11.8 Å². The summed E-state index contributed by atoms with van der Waals surface area (Å²) in [5.41, 5.74) is 5.37. The number of nitrogens with one attached hydrogen (secondary N) is 1. The average Bonchev–Trinajstić information content (AvgIpc) is 2.26. The van der Waals surface area contributed by atoms with Crippen LogP contribution < -0.4 is 11.1 Å². The van der Waals surface area contributed by atoms with Crippen molar-refractivity contribution in [1.29, 1.82) is 0 Å². The molecule has 4 heteroatoms. The second-order valence-electron chi connectivity index (χ2n) is 4.43. The fourth-order valence-electron chi connectivity index (χ4n) is 1.32. The summed E-state index contributed by atoms with van der Waals surface area (Å²) in [7, 11) is 0. The van der Waals surface area contributed by atoms with E-state index in [-0.39, 0.29) is 5.41 Å². The van der Waals surface area contributed by atoms with E-state index in [2.05, 4.69) is 22.3 Å². The number of nitrogens with two attached hydrogens (primary N) is 1. The van der Waals surface area contributed by atoms with Gasteiger partial charge in [-0.05, 0) is 26.3 Å². The van der Waals surface area contributed by atoms with Crippen LogP contribution in [-0.2, 0) is 0 Å². The predicted octanol–water partition coefficient (Wildman–Crippen LogP) is 1.54. The Bertz CT molecular complexity index is 274. The first-order chi connectivity index (χ1) is 7.54. The molecule has 0 aromatic heterocycles. The maximum atomic E-state index is 8.61. The molecule has 16 heavy (non-hydrogen) atoms. The smallest absolute Gasteiger partial charge is 0.144 e. The Labute approximate surface area is 98.3 Å². The molecule has 0 saturated heterocycles. The summed E-state index contributed by atoms with van der Waals surface area (Å²) in [5, 5.41) is 14.9. The SMILES string of the molecule is CC#CCNCCCCC(C)(C)C(N)=NO. The molecule has 0 amide bonds. The lowest BCUT2D eigenvalue weighted by molar-refractivity contribution is 0.304. The van der Waals surface area contributed by atoms with Gasteiger partial charge < -0.3 is 16.3 Å². The molecule has 0 saturated carbocycles. The zero-order valence-electron chi connectivity index (χ0n) is 10.5. The molecule has 0 aromatic carbocycles. The summed E-state index contributed by atoms with van der Waals surface area (Å²) in [5.74, 6) is 6.09. The Morgan fingerprint density at radius 3 is 2.69 bits per heavy atom. The summed E-state index contributed by atoms with van der Waals surface area (Å²) in [6, 6.07) is 0. The van der Waals surface area contributed by atoms with Crippen molar-refractivity contribution in [2.24, 2.45) is 16.3 Å². The molecule has 0 aliphatic carbocycles. The van der Waals surface area contributed by atoms with Gasteiger partial charge in [-0.3, -0.25) is 0 Å². The van der Waals surface area contributed by atoms with Gasteiger partial charge in [0.25, 0.3) is 0 Å². The van der Waals surface area contributed by atoms with E-state index in [1.807, 2.05) is 20.8 Å². The Morgan fingerprint density at radius 2 is 2.12 bits per heavy atom. The van der Waals surface area contributed by atoms with Gasteiger partial charge in [0.15, 0.2) is 0 Å². The number of oxime groups is 1. The van der Waals surface area contributed by atoms with Gasteiger partial charge in [-0.25, -0.2) is 0 Å². The van der Waals surface area contributed by atoms with Crippen LogP contribution >= 0.6 is 0 Å². The van der Waals surface area contributed by atoms with Crippen LogP contribution in [0.4, 0.5) is 0 Å². The third-order valence-electron chi connectivity index (χ3n) is 2.60. The molecule has 0 radical (unpaired) electrons. The van der Waals surface area contributed by atoms with E-state index < -0.39 is 0 Å². The summed E-state index contributed by atoms with van der Waals surface area (Å²) >= 11 is 0. The zero-order chi connectivity index (χ0) is 12.4. The van der Waals surface area contributed by atoms with E-state index in [9.17, 15) is 0 Å². The molecule has 4 N–H and O–H groups in total. The number of rotatable bonds is 7. The van der Waals surface area contributed by atoms with Gasteiger partial charge in [-0.1, -0.05) is 31.3 Å². The fraction of sp³-hybridized carbons (Fsp3) is 0.750. The summed E-state index contributed by atoms with van der Waals surface area (Å²) in [6.07, 6.45) is 3.05. The molecular formula is C12H23N3O. The maximum absolute atomic E-state index is 8.61. The van der Waals surface area contributed by atoms with Crippen molar-refractivity contribution in [2.75, 3.05) is 13.1 Å². The number of nitrogens with zero attached hydrogens (tertiary/aromatic N) is 1. The van der Waals surface area contributed by atoms with Gasteiger partial charge in [-0.2, -0.15) is 0 Å². The van der Waals surface area contributed by atoms with E-state index in [1.165, 1.54) is 0 Å². The minimum atomic E-state index is -0.224. The van der Waals surface area contributed by atoms with Crippen LogP contribution in [0.1, 0.15) is 40.0 Å². The Balaban J connectivity index is 3.61. The van der Waals surface area contributed by atoms with E-state index in [0.717, 1.165) is 32.4 Å². The molecule has 4 nitrogen and oxygen atoms in total. The lowest BCUT2D eigenvalue weighted by Gasteiger charge is -2.22. The topological polar surface area (TPSA) is 70.6 Å². The van der Waals surface area contributed by atoms with Crippen LogP contribution in [0.2, 0.25) is 0 Å². The van der Waals surface area contributed by atoms with Gasteiger partial charge in [0, 0.05) is 5.41 Å². The molecule has 0 aliphatic rings. The number of hydrogen-bond acceptors (Lipinski definition) is 3. The Morgan fingerprint density at radius 1 is 1.44 bits per heavy atom. The van der Waals surface area contributed by atoms with Crippen LogP contribution in [-0.4, -0.2) is 24.1 Å². The highest BCUT2D eigenvalue weighted by molar-refractivity contribution is 5.85. The van der Waals surface area contributed by atoms with Gasteiger partial charge in [0.05, 0.1) is 6.54 Å². The minimum absolute atomic E-state index is 0.224. The van der Waals surface area contributed by atoms with Crippen LogP contribution in [0.5, 0.6) is 0 Å². The van der Waals surface area contributed by atoms with Crippen molar-refractivity contribution >= 4 is 5.84 Å².